The van der Waals surface area contributed by atoms with Crippen LogP contribution >= 0.6 is 11.3 Å². The van der Waals surface area contributed by atoms with Crippen LogP contribution in [0.5, 0.6) is 0 Å². The third kappa shape index (κ3) is 3.30. The monoisotopic (exact) mass is 426 g/mol. The number of carbonyl (C=O) groups is 1. The highest BCUT2D eigenvalue weighted by Gasteiger charge is 2.30. The molecule has 4 aromatic heterocycles. The summed E-state index contributed by atoms with van der Waals surface area (Å²) in [4.78, 5) is 18.4. The molecule has 7 nitrogen and oxygen atoms in total. The minimum atomic E-state index is -0.633. The maximum atomic E-state index is 13.4. The van der Waals surface area contributed by atoms with Crippen LogP contribution in [0.3, 0.4) is 0 Å². The van der Waals surface area contributed by atoms with E-state index in [4.69, 9.17) is 4.74 Å². The zero-order valence-electron chi connectivity index (χ0n) is 18.1. The molecule has 4 rings (SSSR count). The summed E-state index contributed by atoms with van der Waals surface area (Å²) < 4.78 is 9.14. The van der Waals surface area contributed by atoms with Crippen LogP contribution in [0.2, 0.25) is 0 Å². The minimum Gasteiger partial charge on any atom is -0.443 e. The van der Waals surface area contributed by atoms with E-state index in [0.29, 0.717) is 0 Å². The molecule has 0 unspecified atom stereocenters. The average Bonchev–Trinajstić information content (AvgIpc) is 3.33. The Hall–Kier alpha value is -2.71. The molecule has 0 radical (unpaired) electrons. The van der Waals surface area contributed by atoms with Crippen molar-refractivity contribution in [2.45, 2.75) is 59.7 Å². The molecule has 0 saturated heterocycles. The third-order valence-electron chi connectivity index (χ3n) is 4.96. The maximum Gasteiger partial charge on any atom is 0.420 e. The highest BCUT2D eigenvalue weighted by molar-refractivity contribution is 7.17. The summed E-state index contributed by atoms with van der Waals surface area (Å²) in [6.07, 6.45) is 2.97. The van der Waals surface area contributed by atoms with Crippen LogP contribution in [0, 0.1) is 6.92 Å². The molecule has 4 aromatic rings. The van der Waals surface area contributed by atoms with Crippen LogP contribution in [0.4, 0.5) is 4.79 Å². The topological polar surface area (TPSA) is 81.7 Å². The number of pyridine rings is 1. The molecule has 30 heavy (non-hydrogen) atoms. The smallest absolute Gasteiger partial charge is 0.420 e. The molecule has 4 heterocycles. The summed E-state index contributed by atoms with van der Waals surface area (Å²) >= 11 is 1.44. The highest BCUT2D eigenvalue weighted by Crippen LogP contribution is 2.43. The lowest BCUT2D eigenvalue weighted by molar-refractivity contribution is 0.0547. The summed E-state index contributed by atoms with van der Waals surface area (Å²) in [5.74, 6) is 0.123. The average molecular weight is 427 g/mol. The van der Waals surface area contributed by atoms with Crippen molar-refractivity contribution in [2.24, 2.45) is 0 Å². The Morgan fingerprint density at radius 1 is 1.33 bits per heavy atom. The van der Waals surface area contributed by atoms with Crippen molar-refractivity contribution in [3.05, 3.63) is 40.7 Å². The molecule has 0 fully saturated rings. The molecule has 0 amide bonds. The number of fused-ring (bicyclic) bond motifs is 2. The SMILES string of the molecule is Cc1cc(-c2c(C(C)C)c3c(CO)csc3n2C(=O)OC(C)(C)C)cn2ncnc12. The van der Waals surface area contributed by atoms with Gasteiger partial charge in [-0.3, -0.25) is 0 Å². The fourth-order valence-corrected chi connectivity index (χ4v) is 4.92. The van der Waals surface area contributed by atoms with Crippen LogP contribution in [-0.2, 0) is 11.3 Å². The number of hydrogen-bond acceptors (Lipinski definition) is 6. The van der Waals surface area contributed by atoms with E-state index in [0.717, 1.165) is 43.8 Å². The van der Waals surface area contributed by atoms with E-state index in [1.54, 1.807) is 9.08 Å². The van der Waals surface area contributed by atoms with Gasteiger partial charge < -0.3 is 9.84 Å². The Balaban J connectivity index is 2.10. The molecule has 0 atom stereocenters. The number of thiophene rings is 1. The largest absolute Gasteiger partial charge is 0.443 e. The number of aliphatic hydroxyl groups excluding tert-OH is 1. The van der Waals surface area contributed by atoms with Crippen molar-refractivity contribution in [3.63, 3.8) is 0 Å². The van der Waals surface area contributed by atoms with Crippen LogP contribution in [0.25, 0.3) is 27.1 Å². The Morgan fingerprint density at radius 3 is 2.70 bits per heavy atom. The number of ether oxygens (including phenoxy) is 1. The van der Waals surface area contributed by atoms with Crippen molar-refractivity contribution in [2.75, 3.05) is 0 Å². The molecule has 0 saturated carbocycles. The normalized spacial score (nSPS) is 12.4. The highest BCUT2D eigenvalue weighted by atomic mass is 32.1. The third-order valence-corrected chi connectivity index (χ3v) is 5.97. The van der Waals surface area contributed by atoms with Gasteiger partial charge in [-0.15, -0.1) is 11.3 Å². The minimum absolute atomic E-state index is 0.0847. The molecule has 0 aliphatic heterocycles. The Bertz CT molecular complexity index is 1260. The second-order valence-corrected chi connectivity index (χ2v) is 9.63. The summed E-state index contributed by atoms with van der Waals surface area (Å²) in [6.45, 7) is 11.6. The van der Waals surface area contributed by atoms with Crippen molar-refractivity contribution in [1.82, 2.24) is 19.2 Å². The molecule has 0 aliphatic carbocycles. The lowest BCUT2D eigenvalue weighted by atomic mass is 9.95. The number of nitrogens with zero attached hydrogens (tertiary/aromatic N) is 4. The lowest BCUT2D eigenvalue weighted by Crippen LogP contribution is -2.27. The summed E-state index contributed by atoms with van der Waals surface area (Å²) in [5, 5.41) is 17.1. The van der Waals surface area contributed by atoms with Crippen LogP contribution in [0.15, 0.2) is 24.0 Å². The zero-order valence-corrected chi connectivity index (χ0v) is 18.9. The molecule has 0 aliphatic rings. The summed E-state index contributed by atoms with van der Waals surface area (Å²) in [7, 11) is 0. The maximum absolute atomic E-state index is 13.4. The second-order valence-electron chi connectivity index (χ2n) is 8.77. The van der Waals surface area contributed by atoms with Gasteiger partial charge in [0.2, 0.25) is 0 Å². The second kappa shape index (κ2) is 7.21. The van der Waals surface area contributed by atoms with Crippen LogP contribution in [0.1, 0.15) is 57.2 Å². The Kier molecular flexibility index (Phi) is 4.94. The first-order chi connectivity index (χ1) is 14.1. The predicted octanol–water partition coefficient (Wildman–Crippen LogP) is 5.12. The van der Waals surface area contributed by atoms with E-state index in [-0.39, 0.29) is 12.5 Å². The van der Waals surface area contributed by atoms with E-state index >= 15 is 0 Å². The van der Waals surface area contributed by atoms with Crippen LogP contribution < -0.4 is 0 Å². The van der Waals surface area contributed by atoms with Gasteiger partial charge in [0, 0.05) is 17.1 Å². The van der Waals surface area contributed by atoms with Gasteiger partial charge in [-0.05, 0) is 61.7 Å². The first-order valence-corrected chi connectivity index (χ1v) is 10.8. The van der Waals surface area contributed by atoms with Crippen molar-refractivity contribution >= 4 is 33.3 Å². The number of hydrogen-bond donors (Lipinski definition) is 1. The quantitative estimate of drug-likeness (QED) is 0.492. The molecule has 0 bridgehead atoms. The van der Waals surface area contributed by atoms with Crippen molar-refractivity contribution < 1.29 is 14.6 Å². The molecule has 1 N–H and O–H groups in total. The van der Waals surface area contributed by atoms with Gasteiger partial charge in [-0.25, -0.2) is 18.9 Å². The van der Waals surface area contributed by atoms with Gasteiger partial charge >= 0.3 is 6.09 Å². The first kappa shape index (κ1) is 20.6. The number of aryl methyl sites for hydroxylation is 1. The lowest BCUT2D eigenvalue weighted by Gasteiger charge is -2.21. The van der Waals surface area contributed by atoms with Crippen molar-refractivity contribution in [3.8, 4) is 11.3 Å². The predicted molar refractivity (Wildman–Crippen MR) is 118 cm³/mol. The standard InChI is InChI=1S/C22H26N4O3S/c1-12(2)16-17-15(9-27)10-30-20(17)26(21(28)29-22(4,5)6)18(16)14-7-13(3)19-23-11-24-25(19)8-14/h7-8,10-12,27H,9H2,1-6H3. The number of rotatable bonds is 3. The first-order valence-electron chi connectivity index (χ1n) is 9.91. The molecule has 0 spiro atoms. The fourth-order valence-electron chi connectivity index (χ4n) is 3.84. The van der Waals surface area contributed by atoms with Gasteiger partial charge in [0.1, 0.15) is 16.8 Å². The molecule has 8 heteroatoms. The van der Waals surface area contributed by atoms with Gasteiger partial charge in [-0.1, -0.05) is 13.8 Å². The number of aliphatic hydroxyl groups is 1. The molecular weight excluding hydrogens is 400 g/mol. The Morgan fingerprint density at radius 2 is 2.07 bits per heavy atom. The van der Waals surface area contributed by atoms with Gasteiger partial charge in [-0.2, -0.15) is 5.10 Å². The molecular formula is C22H26N4O3S. The number of carbonyl (C=O) groups excluding carboxylic acids is 1. The summed E-state index contributed by atoms with van der Waals surface area (Å²) in [6, 6.07) is 2.02. The molecule has 0 aromatic carbocycles. The van der Waals surface area contributed by atoms with Crippen LogP contribution in [-0.4, -0.2) is 36.0 Å². The fraction of sp³-hybridized carbons (Fsp3) is 0.409. The van der Waals surface area contributed by atoms with E-state index < -0.39 is 11.7 Å². The van der Waals surface area contributed by atoms with Gasteiger partial charge in [0.05, 0.1) is 12.3 Å². The van der Waals surface area contributed by atoms with E-state index in [1.165, 1.54) is 17.7 Å². The van der Waals surface area contributed by atoms with Gasteiger partial charge in [0.15, 0.2) is 5.65 Å². The van der Waals surface area contributed by atoms with Crippen molar-refractivity contribution in [1.29, 1.82) is 0 Å². The molecule has 158 valence electrons. The van der Waals surface area contributed by atoms with E-state index in [9.17, 15) is 9.90 Å². The van der Waals surface area contributed by atoms with E-state index in [1.807, 2.05) is 45.3 Å². The number of aromatic nitrogens is 4. The Labute approximate surface area is 178 Å². The van der Waals surface area contributed by atoms with Gasteiger partial charge in [0.25, 0.3) is 0 Å². The summed E-state index contributed by atoms with van der Waals surface area (Å²) in [5.41, 5.74) is 4.57. The zero-order chi connectivity index (χ0) is 21.8. The van der Waals surface area contributed by atoms with E-state index in [2.05, 4.69) is 23.9 Å².